The zero-order chi connectivity index (χ0) is 17.6. The van der Waals surface area contributed by atoms with E-state index in [2.05, 4.69) is 75.5 Å². The second kappa shape index (κ2) is 8.93. The van der Waals surface area contributed by atoms with E-state index in [4.69, 9.17) is 0 Å². The molecule has 0 aromatic heterocycles. The maximum Gasteiger partial charge on any atom is 0.0495 e. The number of benzene rings is 1. The van der Waals surface area contributed by atoms with E-state index in [0.29, 0.717) is 6.04 Å². The number of allylic oxidation sites excluding steroid dienone is 3. The number of likely N-dealkylation sites (N-methyl/N-ethyl adjacent to an activating group) is 2. The Labute approximate surface area is 143 Å². The van der Waals surface area contributed by atoms with Gasteiger partial charge in [-0.15, -0.1) is 6.58 Å². The van der Waals surface area contributed by atoms with E-state index >= 15 is 0 Å². The van der Waals surface area contributed by atoms with Gasteiger partial charge >= 0.3 is 0 Å². The molecule has 2 atom stereocenters. The number of hydrogen-bond donors (Lipinski definition) is 0. The highest BCUT2D eigenvalue weighted by atomic mass is 15.3. The van der Waals surface area contributed by atoms with Crippen molar-refractivity contribution in [1.29, 1.82) is 0 Å². The quantitative estimate of drug-likeness (QED) is 0.621. The lowest BCUT2D eigenvalue weighted by atomic mass is 9.97. The minimum Gasteiger partial charge on any atom is -0.369 e. The molecule has 2 aliphatic heterocycles. The highest BCUT2D eigenvalue weighted by molar-refractivity contribution is 5.63. The molecule has 0 spiro atoms. The summed E-state index contributed by atoms with van der Waals surface area (Å²) in [5.74, 6) is 0.731. The van der Waals surface area contributed by atoms with Crippen molar-refractivity contribution in [1.82, 2.24) is 4.90 Å². The Kier molecular flexibility index (Phi) is 7.57. The molecule has 2 aliphatic rings. The van der Waals surface area contributed by atoms with Crippen LogP contribution in [0.1, 0.15) is 44.7 Å². The van der Waals surface area contributed by atoms with Gasteiger partial charge in [0, 0.05) is 37.8 Å². The van der Waals surface area contributed by atoms with Gasteiger partial charge in [0.2, 0.25) is 0 Å². The first kappa shape index (κ1) is 19.5. The van der Waals surface area contributed by atoms with Crippen LogP contribution < -0.4 is 4.90 Å². The Morgan fingerprint density at radius 3 is 2.26 bits per heavy atom. The molecule has 1 saturated heterocycles. The molecular weight excluding hydrogens is 280 g/mol. The molecule has 0 N–H and O–H groups in total. The van der Waals surface area contributed by atoms with E-state index in [1.807, 2.05) is 13.8 Å². The maximum absolute atomic E-state index is 3.36. The Bertz CT molecular complexity index is 541. The summed E-state index contributed by atoms with van der Waals surface area (Å²) in [4.78, 5) is 4.90. The molecule has 0 aliphatic carbocycles. The molecule has 1 aromatic carbocycles. The van der Waals surface area contributed by atoms with Crippen LogP contribution in [0.5, 0.6) is 0 Å². The van der Waals surface area contributed by atoms with Gasteiger partial charge in [-0.3, -0.25) is 0 Å². The van der Waals surface area contributed by atoms with Crippen molar-refractivity contribution in [2.75, 3.05) is 32.1 Å². The van der Waals surface area contributed by atoms with E-state index < -0.39 is 0 Å². The third kappa shape index (κ3) is 4.97. The van der Waals surface area contributed by atoms with Crippen molar-refractivity contribution in [2.45, 2.75) is 46.6 Å². The summed E-state index contributed by atoms with van der Waals surface area (Å²) in [5.41, 5.74) is 5.78. The molecule has 128 valence electrons. The molecule has 0 bridgehead atoms. The number of fused-ring (bicyclic) bond motifs is 3. The van der Waals surface area contributed by atoms with Crippen molar-refractivity contribution >= 4 is 5.69 Å². The summed E-state index contributed by atoms with van der Waals surface area (Å²) in [6.07, 6.45) is 3.83. The number of likely N-dealkylation sites (tertiary alicyclic amines) is 1. The molecule has 0 saturated carbocycles. The molecule has 1 unspecified atom stereocenters. The van der Waals surface area contributed by atoms with Crippen LogP contribution in [0.4, 0.5) is 5.69 Å². The third-order valence-electron chi connectivity index (χ3n) is 4.51. The monoisotopic (exact) mass is 314 g/mol. The van der Waals surface area contributed by atoms with Gasteiger partial charge in [-0.25, -0.2) is 0 Å². The first-order valence-electron chi connectivity index (χ1n) is 8.54. The third-order valence-corrected chi connectivity index (χ3v) is 4.51. The summed E-state index contributed by atoms with van der Waals surface area (Å²) >= 11 is 0. The van der Waals surface area contributed by atoms with Crippen LogP contribution in [-0.4, -0.2) is 38.1 Å². The maximum atomic E-state index is 3.36. The van der Waals surface area contributed by atoms with Crippen LogP contribution in [0.15, 0.2) is 42.5 Å². The van der Waals surface area contributed by atoms with E-state index in [0.717, 1.165) is 5.92 Å². The van der Waals surface area contributed by atoms with Crippen LogP contribution in [0.3, 0.4) is 0 Å². The average Bonchev–Trinajstić information content (AvgIpc) is 2.99. The predicted octanol–water partition coefficient (Wildman–Crippen LogP) is 5.01. The van der Waals surface area contributed by atoms with Crippen molar-refractivity contribution in [3.63, 3.8) is 0 Å². The summed E-state index contributed by atoms with van der Waals surface area (Å²) in [5, 5.41) is 0. The minimum atomic E-state index is 0.701. The van der Waals surface area contributed by atoms with Gasteiger partial charge < -0.3 is 9.80 Å². The number of nitrogens with zero attached hydrogens (tertiary/aromatic N) is 2. The van der Waals surface area contributed by atoms with Gasteiger partial charge in [0.05, 0.1) is 0 Å². The van der Waals surface area contributed by atoms with Crippen LogP contribution in [0.2, 0.25) is 0 Å². The van der Waals surface area contributed by atoms with E-state index in [1.165, 1.54) is 29.9 Å². The predicted molar refractivity (Wildman–Crippen MR) is 105 cm³/mol. The molecule has 3 rings (SSSR count). The molecule has 1 fully saturated rings. The molecule has 2 heteroatoms. The lowest BCUT2D eigenvalue weighted by Crippen LogP contribution is -2.31. The molecule has 2 nitrogen and oxygen atoms in total. The van der Waals surface area contributed by atoms with Crippen molar-refractivity contribution in [3.8, 4) is 0 Å². The molecule has 23 heavy (non-hydrogen) atoms. The van der Waals surface area contributed by atoms with E-state index in [-0.39, 0.29) is 0 Å². The van der Waals surface area contributed by atoms with Crippen LogP contribution in [0, 0.1) is 6.92 Å². The number of anilines is 1. The Morgan fingerprint density at radius 1 is 1.17 bits per heavy atom. The zero-order valence-corrected chi connectivity index (χ0v) is 16.1. The van der Waals surface area contributed by atoms with Gasteiger partial charge in [-0.2, -0.15) is 0 Å². The molecular formula is C21H34N2. The van der Waals surface area contributed by atoms with Gasteiger partial charge in [-0.1, -0.05) is 35.4 Å². The van der Waals surface area contributed by atoms with Crippen molar-refractivity contribution in [3.05, 3.63) is 53.6 Å². The van der Waals surface area contributed by atoms with Gasteiger partial charge in [-0.05, 0) is 53.3 Å². The van der Waals surface area contributed by atoms with Gasteiger partial charge in [0.1, 0.15) is 0 Å². The summed E-state index contributed by atoms with van der Waals surface area (Å²) in [7, 11) is 4.46. The first-order valence-corrected chi connectivity index (χ1v) is 8.54. The summed E-state index contributed by atoms with van der Waals surface area (Å²) < 4.78 is 0. The fourth-order valence-electron chi connectivity index (χ4n) is 3.15. The van der Waals surface area contributed by atoms with E-state index in [9.17, 15) is 0 Å². The molecule has 0 radical (unpaired) electrons. The standard InChI is InChI=1S/C13H18N2.C5H10.C3H6/c1-9-4-5-12-10(6-9)11-7-14(2)8-13(11)15(12)3;1-4-5(2)3;1-3-2/h4-6,11,13H,7-8H2,1-3H3;4H,1-3H3;3H,1H2,2H3/t11?,13-;;/m0../s1. The lowest BCUT2D eigenvalue weighted by molar-refractivity contribution is 0.404. The fraction of sp³-hybridized carbons (Fsp3) is 0.524. The second-order valence-electron chi connectivity index (χ2n) is 6.84. The number of rotatable bonds is 0. The molecule has 1 aromatic rings. The normalized spacial score (nSPS) is 21.3. The van der Waals surface area contributed by atoms with Gasteiger partial charge in [0.15, 0.2) is 0 Å². The highest BCUT2D eigenvalue weighted by Crippen LogP contribution is 2.43. The average molecular weight is 315 g/mol. The van der Waals surface area contributed by atoms with Gasteiger partial charge in [0.25, 0.3) is 0 Å². The lowest BCUT2D eigenvalue weighted by Gasteiger charge is -2.21. The highest BCUT2D eigenvalue weighted by Gasteiger charge is 2.41. The minimum absolute atomic E-state index is 0.701. The van der Waals surface area contributed by atoms with Crippen LogP contribution in [0.25, 0.3) is 0 Å². The van der Waals surface area contributed by atoms with Crippen molar-refractivity contribution in [2.24, 2.45) is 0 Å². The van der Waals surface area contributed by atoms with E-state index in [1.54, 1.807) is 11.6 Å². The second-order valence-corrected chi connectivity index (χ2v) is 6.84. The SMILES string of the molecule is C=CC.CC=C(C)C.Cc1ccc2c(c1)C1CN(C)C[C@@H]1N2C. The molecule has 0 amide bonds. The van der Waals surface area contributed by atoms with Crippen molar-refractivity contribution < 1.29 is 0 Å². The number of aryl methyl sites for hydroxylation is 1. The topological polar surface area (TPSA) is 6.48 Å². The Balaban J connectivity index is 0.000000281. The summed E-state index contributed by atoms with van der Waals surface area (Å²) in [6.45, 7) is 16.1. The largest absolute Gasteiger partial charge is 0.369 e. The Hall–Kier alpha value is -1.54. The zero-order valence-electron chi connectivity index (χ0n) is 16.1. The smallest absolute Gasteiger partial charge is 0.0495 e. The molecule has 2 heterocycles. The van der Waals surface area contributed by atoms with Crippen LogP contribution >= 0.6 is 0 Å². The van der Waals surface area contributed by atoms with Crippen LogP contribution in [-0.2, 0) is 0 Å². The summed E-state index contributed by atoms with van der Waals surface area (Å²) in [6, 6.07) is 7.57. The number of hydrogen-bond acceptors (Lipinski definition) is 2. The fourth-order valence-corrected chi connectivity index (χ4v) is 3.15. The first-order chi connectivity index (χ1) is 10.8. The Morgan fingerprint density at radius 2 is 1.74 bits per heavy atom.